The molecule has 8 heteroatoms. The van der Waals surface area contributed by atoms with Gasteiger partial charge in [-0.05, 0) is 30.3 Å². The highest BCUT2D eigenvalue weighted by Crippen LogP contribution is 2.25. The standard InChI is InChI=1S/C15H8ClF3N2O2/c16-9-5-8(6-20)1-4-12(9)23-7-13(22)21-11-3-2-10(17)14(18)15(11)19/h1-5H,7H2,(H,21,22). The minimum Gasteiger partial charge on any atom is -0.482 e. The average Bonchev–Trinajstić information content (AvgIpc) is 2.54. The molecule has 2 aromatic rings. The Bertz CT molecular complexity index is 806. The first-order valence-electron chi connectivity index (χ1n) is 6.18. The second-order valence-electron chi connectivity index (χ2n) is 4.32. The van der Waals surface area contributed by atoms with Crippen molar-refractivity contribution in [3.8, 4) is 11.8 Å². The number of carbonyl (C=O) groups excluding carboxylic acids is 1. The molecule has 0 saturated carbocycles. The van der Waals surface area contributed by atoms with Crippen LogP contribution < -0.4 is 10.1 Å². The van der Waals surface area contributed by atoms with E-state index in [9.17, 15) is 18.0 Å². The summed E-state index contributed by atoms with van der Waals surface area (Å²) in [4.78, 5) is 11.7. The summed E-state index contributed by atoms with van der Waals surface area (Å²) in [6, 6.07) is 7.64. The van der Waals surface area contributed by atoms with Crippen molar-refractivity contribution >= 4 is 23.2 Å². The Morgan fingerprint density at radius 2 is 1.96 bits per heavy atom. The van der Waals surface area contributed by atoms with Gasteiger partial charge >= 0.3 is 0 Å². The van der Waals surface area contributed by atoms with E-state index in [4.69, 9.17) is 21.6 Å². The second-order valence-corrected chi connectivity index (χ2v) is 4.72. The molecule has 0 fully saturated rings. The topological polar surface area (TPSA) is 62.1 Å². The molecule has 118 valence electrons. The number of benzene rings is 2. The second kappa shape index (κ2) is 7.03. The highest BCUT2D eigenvalue weighted by Gasteiger charge is 2.15. The number of nitriles is 1. The third-order valence-electron chi connectivity index (χ3n) is 2.73. The van der Waals surface area contributed by atoms with Gasteiger partial charge in [-0.1, -0.05) is 11.6 Å². The fourth-order valence-corrected chi connectivity index (χ4v) is 1.87. The number of ether oxygens (including phenoxy) is 1. The summed E-state index contributed by atoms with van der Waals surface area (Å²) >= 11 is 5.86. The number of anilines is 1. The Hall–Kier alpha value is -2.72. The van der Waals surface area contributed by atoms with Gasteiger partial charge in [0.25, 0.3) is 5.91 Å². The summed E-state index contributed by atoms with van der Waals surface area (Å²) < 4.78 is 44.4. The highest BCUT2D eigenvalue weighted by molar-refractivity contribution is 6.32. The van der Waals surface area contributed by atoms with Gasteiger partial charge in [-0.2, -0.15) is 5.26 Å². The van der Waals surface area contributed by atoms with Crippen molar-refractivity contribution in [1.82, 2.24) is 0 Å². The largest absolute Gasteiger partial charge is 0.482 e. The van der Waals surface area contributed by atoms with Crippen LogP contribution in [0.4, 0.5) is 18.9 Å². The van der Waals surface area contributed by atoms with Crippen LogP contribution in [0, 0.1) is 28.8 Å². The Balaban J connectivity index is 2.01. The zero-order valence-electron chi connectivity index (χ0n) is 11.4. The lowest BCUT2D eigenvalue weighted by atomic mass is 10.2. The first-order valence-corrected chi connectivity index (χ1v) is 6.56. The summed E-state index contributed by atoms with van der Waals surface area (Å²) in [5.41, 5.74) is -0.195. The van der Waals surface area contributed by atoms with Gasteiger partial charge in [0.15, 0.2) is 24.1 Å². The molecular formula is C15H8ClF3N2O2. The molecule has 0 bridgehead atoms. The molecule has 0 aliphatic carbocycles. The predicted octanol–water partition coefficient (Wildman–Crippen LogP) is 3.65. The van der Waals surface area contributed by atoms with Crippen molar-refractivity contribution in [3.05, 3.63) is 58.4 Å². The Labute approximate surface area is 134 Å². The molecule has 0 unspecified atom stereocenters. The summed E-state index contributed by atoms with van der Waals surface area (Å²) in [7, 11) is 0. The number of nitrogens with one attached hydrogen (secondary N) is 1. The number of hydrogen-bond acceptors (Lipinski definition) is 3. The normalized spacial score (nSPS) is 10.0. The number of hydrogen-bond donors (Lipinski definition) is 1. The molecule has 0 atom stereocenters. The van der Waals surface area contributed by atoms with Gasteiger partial charge in [-0.3, -0.25) is 4.79 Å². The summed E-state index contributed by atoms with van der Waals surface area (Å²) in [5, 5.41) is 10.9. The average molecular weight is 341 g/mol. The zero-order chi connectivity index (χ0) is 17.0. The number of nitrogens with zero attached hydrogens (tertiary/aromatic N) is 1. The maximum absolute atomic E-state index is 13.4. The molecule has 1 amide bonds. The van der Waals surface area contributed by atoms with Crippen molar-refractivity contribution in [2.24, 2.45) is 0 Å². The number of halogens is 4. The van der Waals surface area contributed by atoms with Crippen molar-refractivity contribution < 1.29 is 22.7 Å². The van der Waals surface area contributed by atoms with Gasteiger partial charge in [0.05, 0.1) is 22.3 Å². The van der Waals surface area contributed by atoms with Crippen LogP contribution in [0.1, 0.15) is 5.56 Å². The quantitative estimate of drug-likeness (QED) is 0.864. The van der Waals surface area contributed by atoms with E-state index in [2.05, 4.69) is 0 Å². The van der Waals surface area contributed by atoms with E-state index in [1.54, 1.807) is 0 Å². The zero-order valence-corrected chi connectivity index (χ0v) is 12.1. The Kier molecular flexibility index (Phi) is 5.09. The van der Waals surface area contributed by atoms with Gasteiger partial charge < -0.3 is 10.1 Å². The summed E-state index contributed by atoms with van der Waals surface area (Å²) in [6.07, 6.45) is 0. The summed E-state index contributed by atoms with van der Waals surface area (Å²) in [6.45, 7) is -0.538. The van der Waals surface area contributed by atoms with Crippen molar-refractivity contribution in [2.75, 3.05) is 11.9 Å². The maximum Gasteiger partial charge on any atom is 0.262 e. The minimum absolute atomic E-state index is 0.121. The lowest BCUT2D eigenvalue weighted by Gasteiger charge is -2.10. The van der Waals surface area contributed by atoms with E-state index in [1.807, 2.05) is 11.4 Å². The fraction of sp³-hybridized carbons (Fsp3) is 0.0667. The van der Waals surface area contributed by atoms with Crippen LogP contribution >= 0.6 is 11.6 Å². The van der Waals surface area contributed by atoms with Crippen molar-refractivity contribution in [2.45, 2.75) is 0 Å². The van der Waals surface area contributed by atoms with E-state index < -0.39 is 35.7 Å². The highest BCUT2D eigenvalue weighted by atomic mass is 35.5. The van der Waals surface area contributed by atoms with Crippen LogP contribution in [-0.4, -0.2) is 12.5 Å². The number of amides is 1. The molecule has 0 aliphatic heterocycles. The molecule has 2 aromatic carbocycles. The van der Waals surface area contributed by atoms with Crippen LogP contribution in [0.3, 0.4) is 0 Å². The summed E-state index contributed by atoms with van der Waals surface area (Å²) in [5.74, 6) is -5.20. The van der Waals surface area contributed by atoms with Crippen LogP contribution in [0.5, 0.6) is 5.75 Å². The third kappa shape index (κ3) is 3.93. The van der Waals surface area contributed by atoms with Crippen LogP contribution in [0.25, 0.3) is 0 Å². The Morgan fingerprint density at radius 3 is 2.61 bits per heavy atom. The van der Waals surface area contributed by atoms with Gasteiger partial charge in [-0.15, -0.1) is 0 Å². The minimum atomic E-state index is -1.68. The predicted molar refractivity (Wildman–Crippen MR) is 76.6 cm³/mol. The molecule has 0 radical (unpaired) electrons. The molecule has 0 heterocycles. The van der Waals surface area contributed by atoms with Crippen LogP contribution in [-0.2, 0) is 4.79 Å². The third-order valence-corrected chi connectivity index (χ3v) is 3.02. The molecule has 0 spiro atoms. The fourth-order valence-electron chi connectivity index (χ4n) is 1.64. The van der Waals surface area contributed by atoms with Gasteiger partial charge in [-0.25, -0.2) is 13.2 Å². The molecule has 0 aliphatic rings. The lowest BCUT2D eigenvalue weighted by molar-refractivity contribution is -0.118. The van der Waals surface area contributed by atoms with E-state index in [-0.39, 0.29) is 10.8 Å². The molecule has 2 rings (SSSR count). The first kappa shape index (κ1) is 16.6. The van der Waals surface area contributed by atoms with Gasteiger partial charge in [0.1, 0.15) is 5.75 Å². The number of carbonyl (C=O) groups is 1. The SMILES string of the molecule is N#Cc1ccc(OCC(=O)Nc2ccc(F)c(F)c2F)c(Cl)c1. The van der Waals surface area contributed by atoms with E-state index in [0.29, 0.717) is 11.6 Å². The van der Waals surface area contributed by atoms with E-state index >= 15 is 0 Å². The first-order chi connectivity index (χ1) is 10.9. The molecule has 4 nitrogen and oxygen atoms in total. The van der Waals surface area contributed by atoms with Crippen molar-refractivity contribution in [1.29, 1.82) is 5.26 Å². The van der Waals surface area contributed by atoms with Crippen molar-refractivity contribution in [3.63, 3.8) is 0 Å². The van der Waals surface area contributed by atoms with Crippen LogP contribution in [0.15, 0.2) is 30.3 Å². The van der Waals surface area contributed by atoms with E-state index in [1.165, 1.54) is 18.2 Å². The Morgan fingerprint density at radius 1 is 1.22 bits per heavy atom. The molecule has 0 saturated heterocycles. The van der Waals surface area contributed by atoms with Crippen LogP contribution in [0.2, 0.25) is 5.02 Å². The maximum atomic E-state index is 13.4. The smallest absolute Gasteiger partial charge is 0.262 e. The van der Waals surface area contributed by atoms with E-state index in [0.717, 1.165) is 6.07 Å². The molecular weight excluding hydrogens is 333 g/mol. The van der Waals surface area contributed by atoms with Gasteiger partial charge in [0.2, 0.25) is 0 Å². The molecule has 0 aromatic heterocycles. The molecule has 1 N–H and O–H groups in total. The number of rotatable bonds is 4. The van der Waals surface area contributed by atoms with Gasteiger partial charge in [0, 0.05) is 0 Å². The lowest BCUT2D eigenvalue weighted by Crippen LogP contribution is -2.21. The monoisotopic (exact) mass is 340 g/mol. The molecule has 23 heavy (non-hydrogen) atoms.